The van der Waals surface area contributed by atoms with Gasteiger partial charge in [-0.3, -0.25) is 4.79 Å². The van der Waals surface area contributed by atoms with Gasteiger partial charge in [-0.1, -0.05) is 50.2 Å². The van der Waals surface area contributed by atoms with Crippen LogP contribution in [-0.4, -0.2) is 36.3 Å². The third-order valence-corrected chi connectivity index (χ3v) is 5.26. The number of carbonyl (C=O) groups excluding carboxylic acids is 1. The molecule has 0 aliphatic rings. The first kappa shape index (κ1) is 23.2. The van der Waals surface area contributed by atoms with Crippen LogP contribution in [0.1, 0.15) is 37.8 Å². The van der Waals surface area contributed by atoms with E-state index in [1.54, 1.807) is 40.2 Å². The summed E-state index contributed by atoms with van der Waals surface area (Å²) in [6.07, 6.45) is 0.283. The lowest BCUT2D eigenvalue weighted by atomic mass is 9.83. The Morgan fingerprint density at radius 2 is 1.63 bits per heavy atom. The molecule has 0 bridgehead atoms. The highest BCUT2D eigenvalue weighted by Crippen LogP contribution is 2.31. The molecule has 0 unspecified atom stereocenters. The lowest BCUT2D eigenvalue weighted by Crippen LogP contribution is -2.43. The number of hydroxylamine groups is 2. The van der Waals surface area contributed by atoms with E-state index in [0.29, 0.717) is 18.0 Å². The van der Waals surface area contributed by atoms with Gasteiger partial charge in [-0.25, -0.2) is 4.79 Å². The van der Waals surface area contributed by atoms with Gasteiger partial charge in [-0.2, -0.15) is 0 Å². The molecule has 0 aromatic heterocycles. The topological polar surface area (TPSA) is 85.3 Å². The molecule has 7 heteroatoms. The van der Waals surface area contributed by atoms with Gasteiger partial charge < -0.3 is 19.4 Å². The van der Waals surface area contributed by atoms with Crippen molar-refractivity contribution in [3.63, 3.8) is 0 Å². The maximum atomic E-state index is 12.9. The maximum absolute atomic E-state index is 12.9. The lowest BCUT2D eigenvalue weighted by molar-refractivity contribution is -0.212. The summed E-state index contributed by atoms with van der Waals surface area (Å²) >= 11 is 0. The summed E-state index contributed by atoms with van der Waals surface area (Å²) in [6, 6.07) is 14.9. The number of carbonyl (C=O) groups is 2. The normalized spacial score (nSPS) is 11.2. The summed E-state index contributed by atoms with van der Waals surface area (Å²) in [5.74, 6) is -0.731. The van der Waals surface area contributed by atoms with Crippen molar-refractivity contribution in [3.8, 4) is 11.5 Å². The largest absolute Gasteiger partial charge is 0.497 e. The molecule has 0 atom stereocenters. The molecule has 7 nitrogen and oxygen atoms in total. The molecule has 2 aromatic carbocycles. The van der Waals surface area contributed by atoms with Crippen molar-refractivity contribution >= 4 is 11.9 Å². The molecule has 162 valence electrons. The van der Waals surface area contributed by atoms with E-state index in [1.807, 2.05) is 36.4 Å². The second kappa shape index (κ2) is 10.6. The monoisotopic (exact) mass is 415 g/mol. The summed E-state index contributed by atoms with van der Waals surface area (Å²) < 4.78 is 10.7. The highest BCUT2D eigenvalue weighted by Gasteiger charge is 2.45. The number of aliphatic carboxylic acids is 1. The van der Waals surface area contributed by atoms with Crippen LogP contribution >= 0.6 is 0 Å². The fourth-order valence-corrected chi connectivity index (χ4v) is 3.21. The highest BCUT2D eigenvalue weighted by atomic mass is 16.7. The quantitative estimate of drug-likeness (QED) is 0.438. The number of hydrogen-bond donors (Lipinski definition) is 1. The first-order valence-electron chi connectivity index (χ1n) is 9.85. The van der Waals surface area contributed by atoms with E-state index < -0.39 is 17.4 Å². The lowest BCUT2D eigenvalue weighted by Gasteiger charge is -2.29. The Labute approximate surface area is 177 Å². The van der Waals surface area contributed by atoms with Crippen LogP contribution in [0.2, 0.25) is 0 Å². The Kier molecular flexibility index (Phi) is 8.24. The van der Waals surface area contributed by atoms with Crippen LogP contribution in [-0.2, 0) is 27.5 Å². The summed E-state index contributed by atoms with van der Waals surface area (Å²) in [6.45, 7) is 3.86. The molecular formula is C23H29NO6. The molecule has 0 amide bonds. The number of ether oxygens (including phenoxy) is 2. The second-order valence-corrected chi connectivity index (χ2v) is 6.93. The molecule has 0 saturated carbocycles. The first-order valence-corrected chi connectivity index (χ1v) is 9.85. The molecule has 0 spiro atoms. The van der Waals surface area contributed by atoms with E-state index >= 15 is 0 Å². The van der Waals surface area contributed by atoms with Gasteiger partial charge in [0.25, 0.3) is 0 Å². The van der Waals surface area contributed by atoms with Gasteiger partial charge in [-0.05, 0) is 24.5 Å². The molecule has 2 aromatic rings. The number of nitrogens with zero attached hydrogens (tertiary/aromatic N) is 1. The highest BCUT2D eigenvalue weighted by molar-refractivity contribution is 5.98. The average molecular weight is 415 g/mol. The third kappa shape index (κ3) is 5.30. The molecule has 1 N–H and O–H groups in total. The van der Waals surface area contributed by atoms with Crippen LogP contribution in [0.4, 0.5) is 0 Å². The van der Waals surface area contributed by atoms with Crippen LogP contribution < -0.4 is 9.47 Å². The minimum absolute atomic E-state index is 0.142. The average Bonchev–Trinajstić information content (AvgIpc) is 2.75. The Bertz CT molecular complexity index is 848. The van der Waals surface area contributed by atoms with Crippen molar-refractivity contribution in [2.75, 3.05) is 14.2 Å². The van der Waals surface area contributed by atoms with Gasteiger partial charge in [0.1, 0.15) is 11.5 Å². The summed E-state index contributed by atoms with van der Waals surface area (Å²) in [5, 5.41) is 11.1. The van der Waals surface area contributed by atoms with E-state index in [0.717, 1.165) is 11.1 Å². The smallest absolute Gasteiger partial charge is 0.342 e. The Morgan fingerprint density at radius 1 is 0.967 bits per heavy atom. The zero-order valence-corrected chi connectivity index (χ0v) is 17.9. The van der Waals surface area contributed by atoms with E-state index in [2.05, 4.69) is 0 Å². The summed E-state index contributed by atoms with van der Waals surface area (Å²) in [4.78, 5) is 30.4. The predicted molar refractivity (Wildman–Crippen MR) is 112 cm³/mol. The number of benzene rings is 2. The molecule has 30 heavy (non-hydrogen) atoms. The van der Waals surface area contributed by atoms with Gasteiger partial charge in [0.2, 0.25) is 0 Å². The van der Waals surface area contributed by atoms with Gasteiger partial charge >= 0.3 is 11.9 Å². The van der Waals surface area contributed by atoms with Crippen molar-refractivity contribution in [3.05, 3.63) is 59.7 Å². The van der Waals surface area contributed by atoms with E-state index in [9.17, 15) is 14.7 Å². The van der Waals surface area contributed by atoms with Crippen molar-refractivity contribution < 1.29 is 29.0 Å². The minimum atomic E-state index is -1.58. The minimum Gasteiger partial charge on any atom is -0.497 e. The van der Waals surface area contributed by atoms with Gasteiger partial charge in [0.05, 0.1) is 27.3 Å². The van der Waals surface area contributed by atoms with Crippen LogP contribution in [0.3, 0.4) is 0 Å². The number of carboxylic acids is 1. The number of carboxylic acid groups (broad SMARTS) is 1. The first-order chi connectivity index (χ1) is 14.4. The second-order valence-electron chi connectivity index (χ2n) is 6.93. The molecular weight excluding hydrogens is 386 g/mol. The zero-order valence-electron chi connectivity index (χ0n) is 17.9. The molecule has 2 rings (SSSR count). The summed E-state index contributed by atoms with van der Waals surface area (Å²) in [7, 11) is 3.12. The fourth-order valence-electron chi connectivity index (χ4n) is 3.21. The summed E-state index contributed by atoms with van der Waals surface area (Å²) in [5.41, 5.74) is 0.113. The Hall–Kier alpha value is -3.06. The molecule has 0 heterocycles. The molecule has 0 radical (unpaired) electrons. The Balaban J connectivity index is 2.33. The third-order valence-electron chi connectivity index (χ3n) is 5.26. The van der Waals surface area contributed by atoms with Crippen LogP contribution in [0.25, 0.3) is 0 Å². The molecule has 0 aliphatic heterocycles. The van der Waals surface area contributed by atoms with Crippen LogP contribution in [0, 0.1) is 5.41 Å². The van der Waals surface area contributed by atoms with E-state index in [-0.39, 0.29) is 19.4 Å². The van der Waals surface area contributed by atoms with Crippen molar-refractivity contribution in [1.82, 2.24) is 5.06 Å². The number of methoxy groups -OCH3 is 2. The van der Waals surface area contributed by atoms with E-state index in [1.165, 1.54) is 5.06 Å². The fraction of sp³-hybridized carbons (Fsp3) is 0.391. The van der Waals surface area contributed by atoms with Crippen molar-refractivity contribution in [2.45, 2.75) is 39.8 Å². The van der Waals surface area contributed by atoms with Crippen molar-refractivity contribution in [2.24, 2.45) is 5.41 Å². The SMILES string of the molecule is CCC(CC)(C(=O)O)C(=O)ON(Cc1ccccc1)Cc1ccc(OC)cc1OC. The van der Waals surface area contributed by atoms with Gasteiger partial charge in [0, 0.05) is 11.6 Å². The Morgan fingerprint density at radius 3 is 2.17 bits per heavy atom. The van der Waals surface area contributed by atoms with Crippen molar-refractivity contribution in [1.29, 1.82) is 0 Å². The van der Waals surface area contributed by atoms with Gasteiger partial charge in [0.15, 0.2) is 5.41 Å². The van der Waals surface area contributed by atoms with E-state index in [4.69, 9.17) is 14.3 Å². The predicted octanol–water partition coefficient (Wildman–Crippen LogP) is 4.06. The number of hydrogen-bond acceptors (Lipinski definition) is 6. The maximum Gasteiger partial charge on any atom is 0.342 e. The molecule has 0 fully saturated rings. The van der Waals surface area contributed by atoms with Crippen LogP contribution in [0.5, 0.6) is 11.5 Å². The molecule has 0 aliphatic carbocycles. The number of rotatable bonds is 11. The van der Waals surface area contributed by atoms with Crippen LogP contribution in [0.15, 0.2) is 48.5 Å². The molecule has 0 saturated heterocycles. The standard InChI is InChI=1S/C23H29NO6/c1-5-23(6-2,21(25)26)22(27)30-24(15-17-10-8-7-9-11-17)16-18-12-13-19(28-3)14-20(18)29-4/h7-14H,5-6,15-16H2,1-4H3,(H,25,26). The zero-order chi connectivity index (χ0) is 22.1. The van der Waals surface area contributed by atoms with Gasteiger partial charge in [-0.15, -0.1) is 5.06 Å².